The van der Waals surface area contributed by atoms with Crippen LogP contribution in [0.1, 0.15) is 11.3 Å². The molecule has 4 rings (SSSR count). The van der Waals surface area contributed by atoms with Crippen LogP contribution in [0.3, 0.4) is 0 Å². The molecule has 6 nitrogen and oxygen atoms in total. The van der Waals surface area contributed by atoms with E-state index in [-0.39, 0.29) is 6.79 Å². The summed E-state index contributed by atoms with van der Waals surface area (Å²) in [5, 5.41) is 5.89. The highest BCUT2D eigenvalue weighted by atomic mass is 28.3. The zero-order valence-corrected chi connectivity index (χ0v) is 20.0. The number of allylic oxidation sites excluding steroid dienone is 1. The molecular formula is C25H31N3O3Si. The molecule has 2 heterocycles. The molecule has 7 heteroatoms. The Morgan fingerprint density at radius 1 is 1.19 bits per heavy atom. The molecule has 0 amide bonds. The van der Waals surface area contributed by atoms with Gasteiger partial charge >= 0.3 is 0 Å². The summed E-state index contributed by atoms with van der Waals surface area (Å²) >= 11 is 0. The van der Waals surface area contributed by atoms with E-state index < -0.39 is 8.07 Å². The molecule has 0 aliphatic carbocycles. The van der Waals surface area contributed by atoms with E-state index in [9.17, 15) is 0 Å². The highest BCUT2D eigenvalue weighted by Gasteiger charge is 2.17. The van der Waals surface area contributed by atoms with Crippen molar-refractivity contribution >= 4 is 30.7 Å². The first-order valence-electron chi connectivity index (χ1n) is 10.9. The summed E-state index contributed by atoms with van der Waals surface area (Å²) in [6.07, 6.45) is 4.46. The molecule has 168 valence electrons. The minimum absolute atomic E-state index is 0.234. The van der Waals surface area contributed by atoms with Crippen molar-refractivity contribution in [3.8, 4) is 0 Å². The molecule has 0 bridgehead atoms. The van der Waals surface area contributed by atoms with E-state index in [4.69, 9.17) is 25.0 Å². The molecule has 32 heavy (non-hydrogen) atoms. The fourth-order valence-electron chi connectivity index (χ4n) is 3.55. The Morgan fingerprint density at radius 2 is 2.00 bits per heavy atom. The third-order valence-corrected chi connectivity index (χ3v) is 7.06. The Bertz CT molecular complexity index is 1130. The van der Waals surface area contributed by atoms with E-state index >= 15 is 0 Å². The second kappa shape index (κ2) is 9.63. The van der Waals surface area contributed by atoms with Crippen LogP contribution < -0.4 is 5.73 Å². The monoisotopic (exact) mass is 449 g/mol. The number of rotatable bonds is 9. The maximum absolute atomic E-state index is 6.08. The summed E-state index contributed by atoms with van der Waals surface area (Å²) in [6.45, 7) is 8.41. The van der Waals surface area contributed by atoms with E-state index in [0.29, 0.717) is 18.8 Å². The Kier molecular flexibility index (Phi) is 6.67. The van der Waals surface area contributed by atoms with Crippen molar-refractivity contribution in [2.45, 2.75) is 38.8 Å². The summed E-state index contributed by atoms with van der Waals surface area (Å²) < 4.78 is 18.9. The largest absolute Gasteiger partial charge is 0.461 e. The Morgan fingerprint density at radius 3 is 2.72 bits per heavy atom. The number of nitrogen functional groups attached to an aromatic ring is 1. The molecule has 2 aromatic carbocycles. The van der Waals surface area contributed by atoms with Crippen LogP contribution >= 0.6 is 0 Å². The summed E-state index contributed by atoms with van der Waals surface area (Å²) in [4.78, 5) is 0. The van der Waals surface area contributed by atoms with Gasteiger partial charge in [0.2, 0.25) is 6.79 Å². The third-order valence-electron chi connectivity index (χ3n) is 5.35. The van der Waals surface area contributed by atoms with Gasteiger partial charge in [-0.15, -0.1) is 0 Å². The van der Waals surface area contributed by atoms with Crippen LogP contribution in [0.5, 0.6) is 0 Å². The fraction of sp³-hybridized carbons (Fsp3) is 0.320. The SMILES string of the molecule is C[Si](C)(C)CCOCn1nc(C=C(Cc2ccccc2)C2=COCO2)c2ccc(N)cc21. The molecule has 1 aliphatic rings. The van der Waals surface area contributed by atoms with Gasteiger partial charge in [0, 0.05) is 37.7 Å². The molecule has 0 fully saturated rings. The highest BCUT2D eigenvalue weighted by molar-refractivity contribution is 6.76. The van der Waals surface area contributed by atoms with Gasteiger partial charge in [-0.2, -0.15) is 5.10 Å². The predicted molar refractivity (Wildman–Crippen MR) is 131 cm³/mol. The van der Waals surface area contributed by atoms with Crippen molar-refractivity contribution in [1.29, 1.82) is 0 Å². The zero-order chi connectivity index (χ0) is 22.6. The average Bonchev–Trinajstić information content (AvgIpc) is 3.39. The number of fused-ring (bicyclic) bond motifs is 1. The van der Waals surface area contributed by atoms with Crippen LogP contribution in [-0.4, -0.2) is 31.3 Å². The summed E-state index contributed by atoms with van der Waals surface area (Å²) in [5.74, 6) is 0.735. The van der Waals surface area contributed by atoms with Crippen LogP contribution in [0.4, 0.5) is 5.69 Å². The van der Waals surface area contributed by atoms with Gasteiger partial charge in [-0.25, -0.2) is 4.68 Å². The molecule has 0 radical (unpaired) electrons. The standard InChI is InChI=1S/C25H31N3O3Si/c1-32(2,3)12-11-29-17-28-24-15-21(26)9-10-22(24)23(27-28)14-20(25-16-30-18-31-25)13-19-7-5-4-6-8-19/h4-10,14-16H,11-13,17-18,26H2,1-3H3. The minimum Gasteiger partial charge on any atom is -0.461 e. The van der Waals surface area contributed by atoms with Crippen LogP contribution in [0.2, 0.25) is 25.7 Å². The van der Waals surface area contributed by atoms with Crippen LogP contribution in [0.15, 0.2) is 66.1 Å². The molecule has 0 saturated heterocycles. The number of hydrogen-bond donors (Lipinski definition) is 1. The molecule has 0 spiro atoms. The van der Waals surface area contributed by atoms with Gasteiger partial charge in [-0.1, -0.05) is 50.0 Å². The van der Waals surface area contributed by atoms with Gasteiger partial charge in [-0.05, 0) is 35.9 Å². The number of anilines is 1. The second-order valence-electron chi connectivity index (χ2n) is 9.25. The van der Waals surface area contributed by atoms with Gasteiger partial charge < -0.3 is 19.9 Å². The minimum atomic E-state index is -1.14. The lowest BCUT2D eigenvalue weighted by Crippen LogP contribution is -2.22. The molecular weight excluding hydrogens is 418 g/mol. The highest BCUT2D eigenvalue weighted by Crippen LogP contribution is 2.28. The molecule has 0 atom stereocenters. The molecule has 0 unspecified atom stereocenters. The fourth-order valence-corrected chi connectivity index (χ4v) is 4.31. The van der Waals surface area contributed by atoms with Crippen LogP contribution in [-0.2, 0) is 27.4 Å². The summed E-state index contributed by atoms with van der Waals surface area (Å²) in [7, 11) is -1.14. The average molecular weight is 450 g/mol. The number of hydrogen-bond acceptors (Lipinski definition) is 5. The number of benzene rings is 2. The molecule has 2 N–H and O–H groups in total. The summed E-state index contributed by atoms with van der Waals surface area (Å²) in [6, 6.07) is 17.3. The number of nitrogens with two attached hydrogens (primary N) is 1. The van der Waals surface area contributed by atoms with E-state index in [1.807, 2.05) is 41.1 Å². The van der Waals surface area contributed by atoms with Gasteiger partial charge in [0.05, 0.1) is 11.2 Å². The molecule has 1 aliphatic heterocycles. The Labute approximate surface area is 190 Å². The van der Waals surface area contributed by atoms with E-state index in [2.05, 4.69) is 37.8 Å². The van der Waals surface area contributed by atoms with Gasteiger partial charge in [0.1, 0.15) is 13.0 Å². The van der Waals surface area contributed by atoms with Crippen molar-refractivity contribution in [3.05, 3.63) is 77.4 Å². The number of nitrogens with zero attached hydrogens (tertiary/aromatic N) is 2. The third kappa shape index (κ3) is 5.60. The second-order valence-corrected chi connectivity index (χ2v) is 14.9. The smallest absolute Gasteiger partial charge is 0.230 e. The lowest BCUT2D eigenvalue weighted by Gasteiger charge is -2.15. The molecule has 1 aromatic heterocycles. The van der Waals surface area contributed by atoms with Crippen LogP contribution in [0.25, 0.3) is 17.0 Å². The molecule has 0 saturated carbocycles. The van der Waals surface area contributed by atoms with Crippen molar-refractivity contribution in [3.63, 3.8) is 0 Å². The lowest BCUT2D eigenvalue weighted by atomic mass is 10.0. The van der Waals surface area contributed by atoms with Crippen molar-refractivity contribution in [1.82, 2.24) is 9.78 Å². The first-order chi connectivity index (χ1) is 15.4. The normalized spacial score (nSPS) is 14.3. The first-order valence-corrected chi connectivity index (χ1v) is 14.6. The van der Waals surface area contributed by atoms with Gasteiger partial charge in [0.15, 0.2) is 5.76 Å². The predicted octanol–water partition coefficient (Wildman–Crippen LogP) is 5.40. The van der Waals surface area contributed by atoms with E-state index in [0.717, 1.165) is 40.6 Å². The van der Waals surface area contributed by atoms with Gasteiger partial charge in [-0.3, -0.25) is 0 Å². The summed E-state index contributed by atoms with van der Waals surface area (Å²) in [5.41, 5.74) is 10.8. The Hall–Kier alpha value is -3.03. The van der Waals surface area contributed by atoms with Crippen molar-refractivity contribution in [2.24, 2.45) is 0 Å². The maximum atomic E-state index is 6.08. The lowest BCUT2D eigenvalue weighted by molar-refractivity contribution is 0.0816. The van der Waals surface area contributed by atoms with E-state index in [1.54, 1.807) is 6.26 Å². The number of ether oxygens (including phenoxy) is 3. The van der Waals surface area contributed by atoms with Crippen molar-refractivity contribution in [2.75, 3.05) is 19.1 Å². The van der Waals surface area contributed by atoms with Gasteiger partial charge in [0.25, 0.3) is 0 Å². The molecule has 3 aromatic rings. The topological polar surface area (TPSA) is 71.5 Å². The first kappa shape index (κ1) is 22.2. The quantitative estimate of drug-likeness (QED) is 0.269. The maximum Gasteiger partial charge on any atom is 0.230 e. The van der Waals surface area contributed by atoms with Crippen molar-refractivity contribution < 1.29 is 14.2 Å². The Balaban J connectivity index is 1.66. The van der Waals surface area contributed by atoms with E-state index in [1.165, 1.54) is 5.56 Å². The number of aromatic nitrogens is 2. The zero-order valence-electron chi connectivity index (χ0n) is 19.0. The van der Waals surface area contributed by atoms with Crippen LogP contribution in [0, 0.1) is 0 Å².